The van der Waals surface area contributed by atoms with Gasteiger partial charge in [-0.05, 0) is 18.8 Å². The van der Waals surface area contributed by atoms with Gasteiger partial charge in [-0.1, -0.05) is 0 Å². The predicted octanol–water partition coefficient (Wildman–Crippen LogP) is 1.25. The summed E-state index contributed by atoms with van der Waals surface area (Å²) < 4.78 is 5.13. The summed E-state index contributed by atoms with van der Waals surface area (Å²) >= 11 is 0. The van der Waals surface area contributed by atoms with Gasteiger partial charge in [0.05, 0.1) is 0 Å². The number of hydrogen-bond donors (Lipinski definition) is 1. The third kappa shape index (κ3) is 0.654. The minimum atomic E-state index is -0.634. The molecule has 0 amide bonds. The second kappa shape index (κ2) is 1.94. The van der Waals surface area contributed by atoms with Gasteiger partial charge in [-0.3, -0.25) is 0 Å². The first-order chi connectivity index (χ1) is 4.82. The Labute approximate surface area is 59.9 Å². The lowest BCUT2D eigenvalue weighted by Crippen LogP contribution is -2.33. The molecule has 2 rings (SSSR count). The second-order valence-corrected chi connectivity index (χ2v) is 3.25. The Morgan fingerprint density at radius 1 is 1.60 bits per heavy atom. The molecule has 3 nitrogen and oxygen atoms in total. The number of rotatable bonds is 2. The Balaban J connectivity index is 2.11. The zero-order valence-electron chi connectivity index (χ0n) is 6.04. The summed E-state index contributed by atoms with van der Waals surface area (Å²) in [4.78, 5) is 4.38. The van der Waals surface area contributed by atoms with Gasteiger partial charge in [0.15, 0.2) is 0 Å². The molecule has 2 fully saturated rings. The van der Waals surface area contributed by atoms with Crippen molar-refractivity contribution in [2.45, 2.75) is 25.0 Å². The molecule has 0 saturated heterocycles. The summed E-state index contributed by atoms with van der Waals surface area (Å²) in [5, 5.41) is 8.59. The van der Waals surface area contributed by atoms with Gasteiger partial charge < -0.3 is 4.74 Å². The molecule has 3 unspecified atom stereocenters. The van der Waals surface area contributed by atoms with E-state index in [4.69, 9.17) is 9.99 Å². The topological polar surface area (TPSA) is 38.7 Å². The molecule has 0 radical (unpaired) electrons. The van der Waals surface area contributed by atoms with Crippen molar-refractivity contribution in [1.82, 2.24) is 0 Å². The molecule has 3 atom stereocenters. The van der Waals surface area contributed by atoms with Crippen LogP contribution in [0.25, 0.3) is 0 Å². The maximum atomic E-state index is 8.59. The number of fused-ring (bicyclic) bond motifs is 1. The van der Waals surface area contributed by atoms with Crippen LogP contribution in [0.5, 0.6) is 0 Å². The SMILES string of the molecule is COC1(OO)CCC2CC21. The maximum absolute atomic E-state index is 8.59. The van der Waals surface area contributed by atoms with E-state index >= 15 is 0 Å². The number of ether oxygens (including phenoxy) is 1. The van der Waals surface area contributed by atoms with Crippen LogP contribution in [-0.4, -0.2) is 18.2 Å². The monoisotopic (exact) mass is 144 g/mol. The van der Waals surface area contributed by atoms with Crippen LogP contribution in [0.2, 0.25) is 0 Å². The zero-order valence-corrected chi connectivity index (χ0v) is 6.04. The van der Waals surface area contributed by atoms with Crippen LogP contribution in [0.1, 0.15) is 19.3 Å². The maximum Gasteiger partial charge on any atom is 0.204 e. The first kappa shape index (κ1) is 6.58. The first-order valence-corrected chi connectivity index (χ1v) is 3.70. The molecule has 3 heteroatoms. The summed E-state index contributed by atoms with van der Waals surface area (Å²) in [6.07, 6.45) is 3.14. The van der Waals surface area contributed by atoms with Crippen molar-refractivity contribution in [2.75, 3.05) is 7.11 Å². The van der Waals surface area contributed by atoms with Crippen molar-refractivity contribution < 1.29 is 14.9 Å². The largest absolute Gasteiger partial charge is 0.350 e. The van der Waals surface area contributed by atoms with Crippen LogP contribution in [0.15, 0.2) is 0 Å². The van der Waals surface area contributed by atoms with E-state index in [2.05, 4.69) is 4.89 Å². The summed E-state index contributed by atoms with van der Waals surface area (Å²) in [6, 6.07) is 0. The molecule has 0 aromatic heterocycles. The van der Waals surface area contributed by atoms with Crippen LogP contribution >= 0.6 is 0 Å². The van der Waals surface area contributed by atoms with Gasteiger partial charge in [0, 0.05) is 19.4 Å². The van der Waals surface area contributed by atoms with Crippen molar-refractivity contribution >= 4 is 0 Å². The molecular formula is C7H12O3. The van der Waals surface area contributed by atoms with E-state index in [1.54, 1.807) is 7.11 Å². The minimum Gasteiger partial charge on any atom is -0.350 e. The second-order valence-electron chi connectivity index (χ2n) is 3.25. The van der Waals surface area contributed by atoms with Crippen molar-refractivity contribution in [3.05, 3.63) is 0 Å². The molecule has 2 saturated carbocycles. The molecule has 10 heavy (non-hydrogen) atoms. The Morgan fingerprint density at radius 3 is 2.60 bits per heavy atom. The average Bonchev–Trinajstić information content (AvgIpc) is 2.68. The minimum absolute atomic E-state index is 0.461. The molecule has 0 aromatic rings. The summed E-state index contributed by atoms with van der Waals surface area (Å²) in [5.41, 5.74) is 0. The summed E-state index contributed by atoms with van der Waals surface area (Å²) in [5.74, 6) is 0.583. The van der Waals surface area contributed by atoms with Gasteiger partial charge in [-0.15, -0.1) is 0 Å². The van der Waals surface area contributed by atoms with E-state index in [-0.39, 0.29) is 0 Å². The highest BCUT2D eigenvalue weighted by molar-refractivity contribution is 5.03. The van der Waals surface area contributed by atoms with Crippen molar-refractivity contribution in [3.63, 3.8) is 0 Å². The molecule has 2 aliphatic carbocycles. The lowest BCUT2D eigenvalue weighted by molar-refractivity contribution is -0.403. The van der Waals surface area contributed by atoms with Crippen molar-refractivity contribution in [2.24, 2.45) is 11.8 Å². The van der Waals surface area contributed by atoms with E-state index in [0.29, 0.717) is 5.92 Å². The molecule has 2 aliphatic rings. The van der Waals surface area contributed by atoms with Gasteiger partial charge in [0.2, 0.25) is 5.79 Å². The van der Waals surface area contributed by atoms with E-state index in [1.807, 2.05) is 0 Å². The van der Waals surface area contributed by atoms with Crippen LogP contribution in [0.4, 0.5) is 0 Å². The summed E-state index contributed by atoms with van der Waals surface area (Å²) in [6.45, 7) is 0. The van der Waals surface area contributed by atoms with Crippen LogP contribution in [0, 0.1) is 11.8 Å². The highest BCUT2D eigenvalue weighted by Gasteiger charge is 2.60. The molecular weight excluding hydrogens is 132 g/mol. The Kier molecular flexibility index (Phi) is 1.27. The normalized spacial score (nSPS) is 51.0. The quantitative estimate of drug-likeness (QED) is 0.360. The standard InChI is InChI=1S/C7H12O3/c1-9-7(10-8)3-2-5-4-6(5)7/h5-6,8H,2-4H2,1H3. The molecule has 1 N–H and O–H groups in total. The van der Waals surface area contributed by atoms with Gasteiger partial charge in [-0.2, -0.15) is 0 Å². The fourth-order valence-electron chi connectivity index (χ4n) is 2.08. The Bertz CT molecular complexity index is 142. The van der Waals surface area contributed by atoms with E-state index in [1.165, 1.54) is 0 Å². The number of methoxy groups -OCH3 is 1. The molecule has 0 aliphatic heterocycles. The number of hydrogen-bond acceptors (Lipinski definition) is 3. The first-order valence-electron chi connectivity index (χ1n) is 3.70. The van der Waals surface area contributed by atoms with Crippen LogP contribution in [-0.2, 0) is 9.62 Å². The van der Waals surface area contributed by atoms with Gasteiger partial charge in [0.25, 0.3) is 0 Å². The van der Waals surface area contributed by atoms with E-state index < -0.39 is 5.79 Å². The fourth-order valence-corrected chi connectivity index (χ4v) is 2.08. The lowest BCUT2D eigenvalue weighted by Gasteiger charge is -2.24. The van der Waals surface area contributed by atoms with Crippen molar-refractivity contribution in [3.8, 4) is 0 Å². The average molecular weight is 144 g/mol. The Morgan fingerprint density at radius 2 is 2.40 bits per heavy atom. The third-order valence-electron chi connectivity index (χ3n) is 2.85. The van der Waals surface area contributed by atoms with E-state index in [0.717, 1.165) is 25.2 Å². The molecule has 0 spiro atoms. The van der Waals surface area contributed by atoms with Crippen LogP contribution < -0.4 is 0 Å². The highest BCUT2D eigenvalue weighted by Crippen LogP contribution is 2.58. The van der Waals surface area contributed by atoms with Crippen molar-refractivity contribution in [1.29, 1.82) is 0 Å². The molecule has 58 valence electrons. The molecule has 0 bridgehead atoms. The fraction of sp³-hybridized carbons (Fsp3) is 1.00. The lowest BCUT2D eigenvalue weighted by atomic mass is 10.1. The third-order valence-corrected chi connectivity index (χ3v) is 2.85. The van der Waals surface area contributed by atoms with Gasteiger partial charge in [-0.25, -0.2) is 10.1 Å². The zero-order chi connectivity index (χ0) is 7.19. The van der Waals surface area contributed by atoms with Crippen LogP contribution in [0.3, 0.4) is 0 Å². The smallest absolute Gasteiger partial charge is 0.204 e. The molecule has 0 aromatic carbocycles. The predicted molar refractivity (Wildman–Crippen MR) is 34.3 cm³/mol. The van der Waals surface area contributed by atoms with E-state index in [9.17, 15) is 0 Å². The highest BCUT2D eigenvalue weighted by atomic mass is 17.1. The molecule has 0 heterocycles. The Hall–Kier alpha value is -0.120. The van der Waals surface area contributed by atoms with Gasteiger partial charge >= 0.3 is 0 Å². The summed E-state index contributed by atoms with van der Waals surface area (Å²) in [7, 11) is 1.59. The van der Waals surface area contributed by atoms with Gasteiger partial charge in [0.1, 0.15) is 0 Å².